The van der Waals surface area contributed by atoms with Crippen molar-refractivity contribution in [3.8, 4) is 10.4 Å². The number of thiophene rings is 1. The van der Waals surface area contributed by atoms with E-state index in [-0.39, 0.29) is 0 Å². The molecule has 1 aliphatic rings. The smallest absolute Gasteiger partial charge is 0.0342 e. The van der Waals surface area contributed by atoms with E-state index < -0.39 is 0 Å². The van der Waals surface area contributed by atoms with Crippen molar-refractivity contribution in [3.63, 3.8) is 0 Å². The van der Waals surface area contributed by atoms with Crippen molar-refractivity contribution in [2.45, 2.75) is 32.2 Å². The minimum absolute atomic E-state index is 0.581. The number of aryl methyl sites for hydroxylation is 1. The van der Waals surface area contributed by atoms with Crippen LogP contribution in [0.1, 0.15) is 36.9 Å². The molecular weight excluding hydrogens is 238 g/mol. The highest BCUT2D eigenvalue weighted by molar-refractivity contribution is 7.13. The molecule has 18 heavy (non-hydrogen) atoms. The molecule has 0 saturated carbocycles. The van der Waals surface area contributed by atoms with Gasteiger partial charge in [-0.2, -0.15) is 0 Å². The predicted molar refractivity (Wildman–Crippen MR) is 79.1 cm³/mol. The molecule has 1 heterocycles. The second-order valence-corrected chi connectivity index (χ2v) is 5.88. The van der Waals surface area contributed by atoms with Gasteiger partial charge in [0.1, 0.15) is 0 Å². The van der Waals surface area contributed by atoms with Crippen molar-refractivity contribution < 1.29 is 0 Å². The van der Waals surface area contributed by atoms with Crippen LogP contribution in [0.15, 0.2) is 35.7 Å². The lowest BCUT2D eigenvalue weighted by Crippen LogP contribution is -2.19. The van der Waals surface area contributed by atoms with Crippen molar-refractivity contribution in [2.24, 2.45) is 0 Å². The molecule has 1 aromatic carbocycles. The Hall–Kier alpha value is -1.12. The summed E-state index contributed by atoms with van der Waals surface area (Å²) in [7, 11) is 0. The Balaban J connectivity index is 1.85. The van der Waals surface area contributed by atoms with Crippen molar-refractivity contribution in [3.05, 3.63) is 46.8 Å². The van der Waals surface area contributed by atoms with Crippen LogP contribution in [0.25, 0.3) is 10.4 Å². The molecule has 0 spiro atoms. The van der Waals surface area contributed by atoms with E-state index in [9.17, 15) is 0 Å². The van der Waals surface area contributed by atoms with Crippen molar-refractivity contribution in [1.29, 1.82) is 0 Å². The summed E-state index contributed by atoms with van der Waals surface area (Å²) in [5.74, 6) is 0. The van der Waals surface area contributed by atoms with Gasteiger partial charge in [-0.1, -0.05) is 31.2 Å². The monoisotopic (exact) mass is 257 g/mol. The van der Waals surface area contributed by atoms with Gasteiger partial charge in [0.2, 0.25) is 0 Å². The maximum absolute atomic E-state index is 3.64. The number of fused-ring (bicyclic) bond motifs is 1. The summed E-state index contributed by atoms with van der Waals surface area (Å²) in [6.45, 7) is 3.35. The highest BCUT2D eigenvalue weighted by Crippen LogP contribution is 2.35. The first-order valence-electron chi connectivity index (χ1n) is 6.78. The number of rotatable bonds is 4. The fourth-order valence-electron chi connectivity index (χ4n) is 2.74. The standard InChI is InChI=1S/C16H19NS/c1-2-9-17-15-8-6-12-11-13(5-7-14(12)15)16-4-3-10-18-16/h3-5,7,10-11,15,17H,2,6,8-9H2,1H3. The van der Waals surface area contributed by atoms with Gasteiger partial charge in [-0.05, 0) is 53.9 Å². The van der Waals surface area contributed by atoms with E-state index in [0.29, 0.717) is 6.04 Å². The minimum Gasteiger partial charge on any atom is -0.310 e. The van der Waals surface area contributed by atoms with Gasteiger partial charge < -0.3 is 5.32 Å². The fraction of sp³-hybridized carbons (Fsp3) is 0.375. The van der Waals surface area contributed by atoms with Gasteiger partial charge in [-0.15, -0.1) is 11.3 Å². The highest BCUT2D eigenvalue weighted by Gasteiger charge is 2.21. The zero-order valence-electron chi connectivity index (χ0n) is 10.8. The molecule has 0 amide bonds. The van der Waals surface area contributed by atoms with Crippen LogP contribution in [0.4, 0.5) is 0 Å². The van der Waals surface area contributed by atoms with Gasteiger partial charge in [-0.3, -0.25) is 0 Å². The number of hydrogen-bond acceptors (Lipinski definition) is 2. The molecule has 1 aromatic heterocycles. The zero-order chi connectivity index (χ0) is 12.4. The molecule has 2 aromatic rings. The molecule has 1 unspecified atom stereocenters. The fourth-order valence-corrected chi connectivity index (χ4v) is 3.47. The minimum atomic E-state index is 0.581. The summed E-state index contributed by atoms with van der Waals surface area (Å²) in [5, 5.41) is 5.79. The average Bonchev–Trinajstić information content (AvgIpc) is 3.05. The van der Waals surface area contributed by atoms with Crippen LogP contribution < -0.4 is 5.32 Å². The van der Waals surface area contributed by atoms with Crippen LogP contribution in [0.3, 0.4) is 0 Å². The van der Waals surface area contributed by atoms with Crippen LogP contribution in [0, 0.1) is 0 Å². The summed E-state index contributed by atoms with van der Waals surface area (Å²) in [4.78, 5) is 1.38. The average molecular weight is 257 g/mol. The number of benzene rings is 1. The third-order valence-corrected chi connectivity index (χ3v) is 4.59. The highest BCUT2D eigenvalue weighted by atomic mass is 32.1. The molecule has 3 rings (SSSR count). The second-order valence-electron chi connectivity index (χ2n) is 4.94. The maximum atomic E-state index is 3.64. The molecule has 94 valence electrons. The molecule has 1 N–H and O–H groups in total. The van der Waals surface area contributed by atoms with Gasteiger partial charge >= 0.3 is 0 Å². The van der Waals surface area contributed by atoms with Gasteiger partial charge in [0, 0.05) is 10.9 Å². The molecular formula is C16H19NS. The van der Waals surface area contributed by atoms with E-state index >= 15 is 0 Å². The molecule has 1 nitrogen and oxygen atoms in total. The Morgan fingerprint density at radius 1 is 1.33 bits per heavy atom. The third-order valence-electron chi connectivity index (χ3n) is 3.67. The molecule has 0 saturated heterocycles. The molecule has 1 aliphatic carbocycles. The van der Waals surface area contributed by atoms with Crippen LogP contribution in [-0.4, -0.2) is 6.54 Å². The first kappa shape index (κ1) is 11.9. The third kappa shape index (κ3) is 2.23. The molecule has 0 fully saturated rings. The predicted octanol–water partition coefficient (Wildman–Crippen LogP) is 4.40. The Morgan fingerprint density at radius 2 is 2.28 bits per heavy atom. The quantitative estimate of drug-likeness (QED) is 0.856. The van der Waals surface area contributed by atoms with Crippen molar-refractivity contribution >= 4 is 11.3 Å². The Kier molecular flexibility index (Phi) is 3.48. The van der Waals surface area contributed by atoms with Gasteiger partial charge in [0.15, 0.2) is 0 Å². The van der Waals surface area contributed by atoms with E-state index in [4.69, 9.17) is 0 Å². The van der Waals surface area contributed by atoms with E-state index in [1.54, 1.807) is 0 Å². The van der Waals surface area contributed by atoms with E-state index in [1.165, 1.54) is 40.8 Å². The number of nitrogens with one attached hydrogen (secondary N) is 1. The topological polar surface area (TPSA) is 12.0 Å². The van der Waals surface area contributed by atoms with Gasteiger partial charge in [0.25, 0.3) is 0 Å². The van der Waals surface area contributed by atoms with E-state index in [2.05, 4.69) is 48.0 Å². The summed E-state index contributed by atoms with van der Waals surface area (Å²) in [5.41, 5.74) is 4.43. The van der Waals surface area contributed by atoms with Crippen LogP contribution in [0.5, 0.6) is 0 Å². The van der Waals surface area contributed by atoms with Gasteiger partial charge in [0.05, 0.1) is 0 Å². The van der Waals surface area contributed by atoms with Crippen LogP contribution in [0.2, 0.25) is 0 Å². The Morgan fingerprint density at radius 3 is 3.06 bits per heavy atom. The maximum Gasteiger partial charge on any atom is 0.0342 e. The molecule has 2 heteroatoms. The Bertz CT molecular complexity index is 516. The summed E-state index contributed by atoms with van der Waals surface area (Å²) >= 11 is 1.82. The normalized spacial score (nSPS) is 17.9. The van der Waals surface area contributed by atoms with Crippen molar-refractivity contribution in [1.82, 2.24) is 5.32 Å². The first-order chi connectivity index (χ1) is 8.88. The van der Waals surface area contributed by atoms with E-state index in [0.717, 1.165) is 6.54 Å². The molecule has 1 atom stereocenters. The number of hydrogen-bond donors (Lipinski definition) is 1. The summed E-state index contributed by atoms with van der Waals surface area (Å²) in [6, 6.07) is 11.9. The molecule has 0 bridgehead atoms. The Labute approximate surface area is 113 Å². The van der Waals surface area contributed by atoms with Crippen molar-refractivity contribution in [2.75, 3.05) is 6.54 Å². The first-order valence-corrected chi connectivity index (χ1v) is 7.66. The second kappa shape index (κ2) is 5.25. The summed E-state index contributed by atoms with van der Waals surface area (Å²) < 4.78 is 0. The summed E-state index contributed by atoms with van der Waals surface area (Å²) in [6.07, 6.45) is 3.68. The molecule has 0 aliphatic heterocycles. The lowest BCUT2D eigenvalue weighted by Gasteiger charge is -2.13. The SMILES string of the molecule is CCCNC1CCc2cc(-c3cccs3)ccc21. The largest absolute Gasteiger partial charge is 0.310 e. The zero-order valence-corrected chi connectivity index (χ0v) is 11.6. The van der Waals surface area contributed by atoms with Gasteiger partial charge in [-0.25, -0.2) is 0 Å². The lowest BCUT2D eigenvalue weighted by atomic mass is 10.0. The molecule has 0 radical (unpaired) electrons. The van der Waals surface area contributed by atoms with E-state index in [1.807, 2.05) is 11.3 Å². The van der Waals surface area contributed by atoms with Crippen LogP contribution >= 0.6 is 11.3 Å². The van der Waals surface area contributed by atoms with Crippen LogP contribution in [-0.2, 0) is 6.42 Å². The lowest BCUT2D eigenvalue weighted by molar-refractivity contribution is 0.529.